The highest BCUT2D eigenvalue weighted by molar-refractivity contribution is 5.37. The van der Waals surface area contributed by atoms with Crippen molar-refractivity contribution in [2.75, 3.05) is 7.11 Å². The summed E-state index contributed by atoms with van der Waals surface area (Å²) in [6.07, 6.45) is 5.83. The lowest BCUT2D eigenvalue weighted by Gasteiger charge is -2.38. The van der Waals surface area contributed by atoms with Crippen molar-refractivity contribution in [1.29, 1.82) is 0 Å². The van der Waals surface area contributed by atoms with Crippen molar-refractivity contribution in [2.45, 2.75) is 57.5 Å². The van der Waals surface area contributed by atoms with E-state index in [0.717, 1.165) is 30.1 Å². The van der Waals surface area contributed by atoms with Crippen molar-refractivity contribution in [1.82, 2.24) is 25.5 Å². The number of ether oxygens (including phenoxy) is 1. The van der Waals surface area contributed by atoms with E-state index in [4.69, 9.17) is 4.74 Å². The lowest BCUT2D eigenvalue weighted by Crippen LogP contribution is -2.49. The third-order valence-electron chi connectivity index (χ3n) is 4.49. The second-order valence-corrected chi connectivity index (χ2v) is 6.55. The third kappa shape index (κ3) is 3.22. The molecule has 0 radical (unpaired) electrons. The Morgan fingerprint density at radius 1 is 1.13 bits per heavy atom. The fourth-order valence-corrected chi connectivity index (χ4v) is 3.52. The zero-order valence-electron chi connectivity index (χ0n) is 14.1. The molecule has 6 nitrogen and oxygen atoms in total. The smallest absolute Gasteiger partial charge is 0.176 e. The predicted octanol–water partition coefficient (Wildman–Crippen LogP) is 2.83. The Kier molecular flexibility index (Phi) is 4.61. The predicted molar refractivity (Wildman–Crippen MR) is 88.7 cm³/mol. The van der Waals surface area contributed by atoms with E-state index in [9.17, 15) is 0 Å². The molecule has 124 valence electrons. The van der Waals surface area contributed by atoms with Crippen LogP contribution in [0.15, 0.2) is 24.3 Å². The van der Waals surface area contributed by atoms with Crippen LogP contribution in [0, 0.1) is 0 Å². The van der Waals surface area contributed by atoms with Crippen LogP contribution < -0.4 is 10.1 Å². The van der Waals surface area contributed by atoms with Gasteiger partial charge in [-0.05, 0) is 61.4 Å². The molecule has 0 unspecified atom stereocenters. The molecular formula is C17H25N5O. The number of aromatic nitrogens is 4. The molecule has 2 aromatic rings. The van der Waals surface area contributed by atoms with Crippen molar-refractivity contribution in [3.63, 3.8) is 0 Å². The Morgan fingerprint density at radius 2 is 1.83 bits per heavy atom. The van der Waals surface area contributed by atoms with Crippen LogP contribution in [0.5, 0.6) is 5.75 Å². The highest BCUT2D eigenvalue weighted by Gasteiger charge is 2.39. The molecule has 1 saturated carbocycles. The maximum atomic E-state index is 5.23. The highest BCUT2D eigenvalue weighted by atomic mass is 16.5. The zero-order chi connectivity index (χ0) is 16.3. The molecule has 0 saturated heterocycles. The van der Waals surface area contributed by atoms with Crippen LogP contribution in [0.1, 0.15) is 51.8 Å². The minimum absolute atomic E-state index is 0.143. The maximum Gasteiger partial charge on any atom is 0.176 e. The van der Waals surface area contributed by atoms with E-state index in [1.807, 2.05) is 28.9 Å². The number of methoxy groups -OCH3 is 1. The van der Waals surface area contributed by atoms with Crippen molar-refractivity contribution in [2.24, 2.45) is 0 Å². The molecule has 0 atom stereocenters. The Hall–Kier alpha value is -1.95. The summed E-state index contributed by atoms with van der Waals surface area (Å²) in [7, 11) is 1.67. The standard InChI is InChI=1S/C17H25N5O/c1-13(2)18-17(11-5-4-6-12-17)16-19-20-21-22(16)14-7-9-15(23-3)10-8-14/h7-10,13,18H,4-6,11-12H2,1-3H3. The second kappa shape index (κ2) is 6.66. The number of benzene rings is 1. The van der Waals surface area contributed by atoms with E-state index in [-0.39, 0.29) is 5.54 Å². The fourth-order valence-electron chi connectivity index (χ4n) is 3.52. The van der Waals surface area contributed by atoms with Gasteiger partial charge in [0.05, 0.1) is 18.3 Å². The van der Waals surface area contributed by atoms with Gasteiger partial charge in [0.1, 0.15) is 5.75 Å². The summed E-state index contributed by atoms with van der Waals surface area (Å²) < 4.78 is 7.09. The molecule has 23 heavy (non-hydrogen) atoms. The molecule has 1 aromatic carbocycles. The number of nitrogens with zero attached hydrogens (tertiary/aromatic N) is 4. The van der Waals surface area contributed by atoms with E-state index >= 15 is 0 Å². The normalized spacial score (nSPS) is 17.4. The average Bonchev–Trinajstić information content (AvgIpc) is 3.05. The van der Waals surface area contributed by atoms with Gasteiger partial charge in [0.25, 0.3) is 0 Å². The lowest BCUT2D eigenvalue weighted by molar-refractivity contribution is 0.201. The number of tetrazole rings is 1. The van der Waals surface area contributed by atoms with Gasteiger partial charge in [-0.15, -0.1) is 5.10 Å². The molecule has 1 heterocycles. The van der Waals surface area contributed by atoms with Gasteiger partial charge < -0.3 is 10.1 Å². The maximum absolute atomic E-state index is 5.23. The van der Waals surface area contributed by atoms with E-state index in [2.05, 4.69) is 34.7 Å². The lowest BCUT2D eigenvalue weighted by atomic mass is 9.80. The molecule has 1 fully saturated rings. The first kappa shape index (κ1) is 15.9. The van der Waals surface area contributed by atoms with Gasteiger partial charge in [0.15, 0.2) is 5.82 Å². The number of rotatable bonds is 5. The summed E-state index contributed by atoms with van der Waals surface area (Å²) in [6.45, 7) is 4.36. The van der Waals surface area contributed by atoms with Gasteiger partial charge in [0, 0.05) is 6.04 Å². The monoisotopic (exact) mass is 315 g/mol. The first-order valence-electron chi connectivity index (χ1n) is 8.36. The minimum Gasteiger partial charge on any atom is -0.497 e. The summed E-state index contributed by atoms with van der Waals surface area (Å²) in [5.74, 6) is 1.74. The van der Waals surface area contributed by atoms with Crippen LogP contribution in [0.3, 0.4) is 0 Å². The minimum atomic E-state index is -0.143. The molecular weight excluding hydrogens is 290 g/mol. The van der Waals surface area contributed by atoms with Crippen LogP contribution >= 0.6 is 0 Å². The van der Waals surface area contributed by atoms with Crippen LogP contribution in [0.25, 0.3) is 5.69 Å². The molecule has 1 N–H and O–H groups in total. The summed E-state index contributed by atoms with van der Waals surface area (Å²) in [5.41, 5.74) is 0.817. The van der Waals surface area contributed by atoms with Crippen molar-refractivity contribution in [3.8, 4) is 11.4 Å². The molecule has 1 aromatic heterocycles. The number of hydrogen-bond acceptors (Lipinski definition) is 5. The summed E-state index contributed by atoms with van der Waals surface area (Å²) in [4.78, 5) is 0. The Labute approximate surface area is 137 Å². The van der Waals surface area contributed by atoms with Gasteiger partial charge in [-0.1, -0.05) is 19.3 Å². The summed E-state index contributed by atoms with van der Waals surface area (Å²) in [5, 5.41) is 16.3. The Balaban J connectivity index is 1.99. The average molecular weight is 315 g/mol. The van der Waals surface area contributed by atoms with E-state index in [1.165, 1.54) is 19.3 Å². The van der Waals surface area contributed by atoms with Gasteiger partial charge in [0.2, 0.25) is 0 Å². The van der Waals surface area contributed by atoms with E-state index in [0.29, 0.717) is 6.04 Å². The first-order valence-corrected chi connectivity index (χ1v) is 8.36. The molecule has 0 bridgehead atoms. The fraction of sp³-hybridized carbons (Fsp3) is 0.588. The first-order chi connectivity index (χ1) is 11.1. The van der Waals surface area contributed by atoms with Gasteiger partial charge >= 0.3 is 0 Å². The van der Waals surface area contributed by atoms with Gasteiger partial charge in [-0.25, -0.2) is 0 Å². The summed E-state index contributed by atoms with van der Waals surface area (Å²) >= 11 is 0. The van der Waals surface area contributed by atoms with Crippen LogP contribution in [-0.4, -0.2) is 33.4 Å². The van der Waals surface area contributed by atoms with Gasteiger partial charge in [-0.3, -0.25) is 0 Å². The molecule has 1 aliphatic rings. The summed E-state index contributed by atoms with van der Waals surface area (Å²) in [6, 6.07) is 8.23. The van der Waals surface area contributed by atoms with Crippen LogP contribution in [-0.2, 0) is 5.54 Å². The highest BCUT2D eigenvalue weighted by Crippen LogP contribution is 2.37. The number of nitrogens with one attached hydrogen (secondary N) is 1. The van der Waals surface area contributed by atoms with Crippen LogP contribution in [0.2, 0.25) is 0 Å². The molecule has 1 aliphatic carbocycles. The molecule has 0 spiro atoms. The van der Waals surface area contributed by atoms with Gasteiger partial charge in [-0.2, -0.15) is 4.68 Å². The Morgan fingerprint density at radius 3 is 2.43 bits per heavy atom. The molecule has 0 amide bonds. The van der Waals surface area contributed by atoms with Crippen LogP contribution in [0.4, 0.5) is 0 Å². The molecule has 0 aliphatic heterocycles. The Bertz CT molecular complexity index is 629. The largest absolute Gasteiger partial charge is 0.497 e. The molecule has 6 heteroatoms. The molecule has 3 rings (SSSR count). The quantitative estimate of drug-likeness (QED) is 0.919. The zero-order valence-corrected chi connectivity index (χ0v) is 14.1. The third-order valence-corrected chi connectivity index (χ3v) is 4.49. The van der Waals surface area contributed by atoms with Crippen molar-refractivity contribution < 1.29 is 4.74 Å². The second-order valence-electron chi connectivity index (χ2n) is 6.55. The van der Waals surface area contributed by atoms with E-state index in [1.54, 1.807) is 7.11 Å². The SMILES string of the molecule is COc1ccc(-n2nnnc2C2(NC(C)C)CCCCC2)cc1. The van der Waals surface area contributed by atoms with Crippen molar-refractivity contribution >= 4 is 0 Å². The van der Waals surface area contributed by atoms with Crippen molar-refractivity contribution in [3.05, 3.63) is 30.1 Å². The van der Waals surface area contributed by atoms with E-state index < -0.39 is 0 Å². The topological polar surface area (TPSA) is 64.9 Å². The number of hydrogen-bond donors (Lipinski definition) is 1.